The second kappa shape index (κ2) is 9.63. The highest BCUT2D eigenvalue weighted by Gasteiger charge is 2.13. The van der Waals surface area contributed by atoms with E-state index in [1.54, 1.807) is 23.3 Å². The summed E-state index contributed by atoms with van der Waals surface area (Å²) in [6, 6.07) is 4.41. The first-order valence-electron chi connectivity index (χ1n) is 7.12. The summed E-state index contributed by atoms with van der Waals surface area (Å²) < 4.78 is 13.7. The Hall–Kier alpha value is -1.27. The van der Waals surface area contributed by atoms with Gasteiger partial charge in [0.05, 0.1) is 0 Å². The topological polar surface area (TPSA) is 52.6 Å². The average molecular weight is 314 g/mol. The molecule has 0 fully saturated rings. The maximum Gasteiger partial charge on any atom is 0.321 e. The molecule has 0 bridgehead atoms. The van der Waals surface area contributed by atoms with Gasteiger partial charge in [-0.2, -0.15) is 0 Å². The monoisotopic (exact) mass is 314 g/mol. The van der Waals surface area contributed by atoms with Crippen molar-refractivity contribution >= 4 is 23.5 Å². The summed E-state index contributed by atoms with van der Waals surface area (Å²) in [7, 11) is 0. The van der Waals surface area contributed by atoms with E-state index in [1.165, 1.54) is 17.8 Å². The van der Waals surface area contributed by atoms with E-state index in [1.807, 2.05) is 0 Å². The van der Waals surface area contributed by atoms with Crippen LogP contribution < -0.4 is 5.32 Å². The van der Waals surface area contributed by atoms with Crippen LogP contribution in [0.15, 0.2) is 23.1 Å². The number of hydrogen-bond acceptors (Lipinski definition) is 3. The molecule has 0 heterocycles. The minimum Gasteiger partial charge on any atom is -0.396 e. The van der Waals surface area contributed by atoms with Crippen LogP contribution in [-0.2, 0) is 0 Å². The average Bonchev–Trinajstić information content (AvgIpc) is 2.47. The molecule has 6 heteroatoms. The van der Waals surface area contributed by atoms with E-state index in [4.69, 9.17) is 5.11 Å². The fourth-order valence-corrected chi connectivity index (χ4v) is 2.33. The summed E-state index contributed by atoms with van der Waals surface area (Å²) in [6.07, 6.45) is 4.23. The summed E-state index contributed by atoms with van der Waals surface area (Å²) in [4.78, 5) is 14.4. The maximum atomic E-state index is 13.7. The molecule has 0 spiro atoms. The summed E-state index contributed by atoms with van der Waals surface area (Å²) in [6.45, 7) is 3.23. The molecule has 4 nitrogen and oxygen atoms in total. The number of nitrogens with one attached hydrogen (secondary N) is 1. The Bertz CT molecular complexity index is 449. The molecule has 2 N–H and O–H groups in total. The van der Waals surface area contributed by atoms with Crippen LogP contribution in [0.25, 0.3) is 0 Å². The van der Waals surface area contributed by atoms with Crippen LogP contribution >= 0.6 is 11.8 Å². The predicted octanol–water partition coefficient (Wildman–Crippen LogP) is 3.56. The molecule has 0 aliphatic rings. The van der Waals surface area contributed by atoms with Crippen molar-refractivity contribution in [2.75, 3.05) is 31.3 Å². The molecular weight excluding hydrogens is 291 g/mol. The lowest BCUT2D eigenvalue weighted by Gasteiger charge is -2.22. The zero-order chi connectivity index (χ0) is 15.7. The number of halogens is 1. The van der Waals surface area contributed by atoms with Crippen LogP contribution in [0.3, 0.4) is 0 Å². The van der Waals surface area contributed by atoms with Crippen molar-refractivity contribution in [2.45, 2.75) is 31.1 Å². The number of carbonyl (C=O) groups is 1. The van der Waals surface area contributed by atoms with Crippen molar-refractivity contribution in [3.63, 3.8) is 0 Å². The van der Waals surface area contributed by atoms with Gasteiger partial charge in [-0.05, 0) is 37.3 Å². The second-order valence-corrected chi connectivity index (χ2v) is 5.55. The lowest BCUT2D eigenvalue weighted by molar-refractivity contribution is 0.201. The van der Waals surface area contributed by atoms with Crippen molar-refractivity contribution in [2.24, 2.45) is 0 Å². The third-order valence-electron chi connectivity index (χ3n) is 3.06. The molecule has 0 saturated heterocycles. The molecule has 21 heavy (non-hydrogen) atoms. The molecular formula is C15H23FN2O2S. The van der Waals surface area contributed by atoms with Gasteiger partial charge in [0.2, 0.25) is 0 Å². The molecule has 0 aromatic heterocycles. The Kier molecular flexibility index (Phi) is 8.15. The van der Waals surface area contributed by atoms with Crippen LogP contribution in [0.5, 0.6) is 0 Å². The molecule has 0 aliphatic heterocycles. The number of hydrogen-bond donors (Lipinski definition) is 2. The fourth-order valence-electron chi connectivity index (χ4n) is 1.87. The van der Waals surface area contributed by atoms with Crippen molar-refractivity contribution in [1.29, 1.82) is 0 Å². The van der Waals surface area contributed by atoms with Gasteiger partial charge in [0.1, 0.15) is 5.82 Å². The lowest BCUT2D eigenvalue weighted by atomic mass is 10.3. The number of nitrogens with zero attached hydrogens (tertiary/aromatic N) is 1. The first-order chi connectivity index (χ1) is 10.1. The number of aliphatic hydroxyl groups is 1. The van der Waals surface area contributed by atoms with Gasteiger partial charge in [-0.25, -0.2) is 9.18 Å². The number of carbonyl (C=O) groups excluding carboxylic acids is 1. The van der Waals surface area contributed by atoms with E-state index in [0.717, 1.165) is 12.8 Å². The summed E-state index contributed by atoms with van der Waals surface area (Å²) in [5.74, 6) is -0.337. The molecule has 0 saturated carbocycles. The van der Waals surface area contributed by atoms with E-state index >= 15 is 0 Å². The molecule has 0 atom stereocenters. The van der Waals surface area contributed by atoms with Crippen molar-refractivity contribution in [1.82, 2.24) is 4.90 Å². The Morgan fingerprint density at radius 3 is 2.67 bits per heavy atom. The van der Waals surface area contributed by atoms with Crippen LogP contribution in [0.2, 0.25) is 0 Å². The zero-order valence-electron chi connectivity index (χ0n) is 12.6. The third-order valence-corrected chi connectivity index (χ3v) is 3.83. The standard InChI is InChI=1S/C15H23FN2O2S/c1-3-4-8-18(9-5-10-19)15(20)17-12-6-7-14(21-2)13(16)11-12/h6-7,11,19H,3-5,8-10H2,1-2H3,(H,17,20). The Morgan fingerprint density at radius 1 is 1.38 bits per heavy atom. The number of anilines is 1. The van der Waals surface area contributed by atoms with Gasteiger partial charge < -0.3 is 15.3 Å². The number of aliphatic hydroxyl groups excluding tert-OH is 1. The predicted molar refractivity (Wildman–Crippen MR) is 85.4 cm³/mol. The first-order valence-corrected chi connectivity index (χ1v) is 8.35. The first kappa shape index (κ1) is 17.8. The van der Waals surface area contributed by atoms with E-state index < -0.39 is 0 Å². The smallest absolute Gasteiger partial charge is 0.321 e. The summed E-state index contributed by atoms with van der Waals surface area (Å²) in [5.41, 5.74) is 0.445. The normalized spacial score (nSPS) is 10.5. The number of amides is 2. The number of thioether (sulfide) groups is 1. The Morgan fingerprint density at radius 2 is 2.10 bits per heavy atom. The van der Waals surface area contributed by atoms with Gasteiger partial charge in [-0.1, -0.05) is 13.3 Å². The van der Waals surface area contributed by atoms with Gasteiger partial charge in [0, 0.05) is 30.3 Å². The quantitative estimate of drug-likeness (QED) is 0.721. The van der Waals surface area contributed by atoms with E-state index in [0.29, 0.717) is 30.1 Å². The highest BCUT2D eigenvalue weighted by atomic mass is 32.2. The largest absolute Gasteiger partial charge is 0.396 e. The molecule has 2 amide bonds. The highest BCUT2D eigenvalue weighted by Crippen LogP contribution is 2.22. The van der Waals surface area contributed by atoms with Crippen molar-refractivity contribution in [3.8, 4) is 0 Å². The van der Waals surface area contributed by atoms with Crippen LogP contribution in [0.1, 0.15) is 26.2 Å². The van der Waals surface area contributed by atoms with E-state index in [9.17, 15) is 9.18 Å². The molecule has 118 valence electrons. The molecule has 0 radical (unpaired) electrons. The van der Waals surface area contributed by atoms with Crippen molar-refractivity contribution < 1.29 is 14.3 Å². The Balaban J connectivity index is 2.68. The maximum absolute atomic E-state index is 13.7. The summed E-state index contributed by atoms with van der Waals surface area (Å²) in [5, 5.41) is 11.6. The van der Waals surface area contributed by atoms with Crippen LogP contribution in [0, 0.1) is 5.82 Å². The number of unbranched alkanes of at least 4 members (excludes halogenated alkanes) is 1. The fraction of sp³-hybridized carbons (Fsp3) is 0.533. The van der Waals surface area contributed by atoms with Gasteiger partial charge >= 0.3 is 6.03 Å². The molecule has 1 rings (SSSR count). The minimum absolute atomic E-state index is 0.0486. The molecule has 1 aromatic rings. The van der Waals surface area contributed by atoms with E-state index in [-0.39, 0.29) is 18.5 Å². The van der Waals surface area contributed by atoms with Gasteiger partial charge in [-0.3, -0.25) is 0 Å². The van der Waals surface area contributed by atoms with Crippen LogP contribution in [0.4, 0.5) is 14.9 Å². The highest BCUT2D eigenvalue weighted by molar-refractivity contribution is 7.98. The number of urea groups is 1. The summed E-state index contributed by atoms with van der Waals surface area (Å²) >= 11 is 1.33. The molecule has 0 aliphatic carbocycles. The van der Waals surface area contributed by atoms with Crippen molar-refractivity contribution in [3.05, 3.63) is 24.0 Å². The number of rotatable bonds is 8. The third kappa shape index (κ3) is 5.93. The van der Waals surface area contributed by atoms with Gasteiger partial charge in [0.15, 0.2) is 0 Å². The lowest BCUT2D eigenvalue weighted by Crippen LogP contribution is -2.36. The van der Waals surface area contributed by atoms with Crippen LogP contribution in [-0.4, -0.2) is 42.0 Å². The SMILES string of the molecule is CCCCN(CCCO)C(=O)Nc1ccc(SC)c(F)c1. The van der Waals surface area contributed by atoms with Gasteiger partial charge in [0.25, 0.3) is 0 Å². The zero-order valence-corrected chi connectivity index (χ0v) is 13.4. The van der Waals surface area contributed by atoms with Gasteiger partial charge in [-0.15, -0.1) is 11.8 Å². The van der Waals surface area contributed by atoms with E-state index in [2.05, 4.69) is 12.2 Å². The Labute approximate surface area is 129 Å². The minimum atomic E-state index is -0.337. The number of benzene rings is 1. The molecule has 0 unspecified atom stereocenters. The second-order valence-electron chi connectivity index (χ2n) is 4.70. The molecule has 1 aromatic carbocycles.